The Kier molecular flexibility index (Phi) is 3.20. The van der Waals surface area contributed by atoms with Crippen LogP contribution in [0.25, 0.3) is 11.2 Å². The molecule has 20 heavy (non-hydrogen) atoms. The van der Waals surface area contributed by atoms with Crippen LogP contribution in [0.1, 0.15) is 12.6 Å². The lowest BCUT2D eigenvalue weighted by Gasteiger charge is -2.07. The fraction of sp³-hybridized carbons (Fsp3) is 0.333. The molecule has 3 rings (SSSR count). The molecule has 104 valence electrons. The number of nitrogens with one attached hydrogen (secondary N) is 3. The maximum Gasteiger partial charge on any atom is 0.226 e. The number of hydrogen-bond acceptors (Lipinski definition) is 6. The maximum absolute atomic E-state index is 4.45. The zero-order chi connectivity index (χ0) is 13.9. The molecule has 0 aliphatic rings. The van der Waals surface area contributed by atoms with Gasteiger partial charge < -0.3 is 15.6 Å². The number of aryl methyl sites for hydroxylation is 1. The van der Waals surface area contributed by atoms with Gasteiger partial charge in [-0.3, -0.25) is 4.68 Å². The zero-order valence-electron chi connectivity index (χ0n) is 11.4. The average Bonchev–Trinajstić information content (AvgIpc) is 3.05. The number of fused-ring (bicyclic) bond motifs is 1. The fourth-order valence-electron chi connectivity index (χ4n) is 1.93. The van der Waals surface area contributed by atoms with Gasteiger partial charge in [-0.1, -0.05) is 0 Å². The predicted molar refractivity (Wildman–Crippen MR) is 76.4 cm³/mol. The van der Waals surface area contributed by atoms with E-state index in [4.69, 9.17) is 0 Å². The van der Waals surface area contributed by atoms with Gasteiger partial charge in [-0.05, 0) is 13.0 Å². The van der Waals surface area contributed by atoms with Gasteiger partial charge in [-0.2, -0.15) is 15.1 Å². The van der Waals surface area contributed by atoms with E-state index in [1.165, 1.54) is 0 Å². The molecule has 0 radical (unpaired) electrons. The molecule has 3 heterocycles. The summed E-state index contributed by atoms with van der Waals surface area (Å²) in [4.78, 5) is 16.0. The molecule has 8 heteroatoms. The van der Waals surface area contributed by atoms with Crippen LogP contribution in [0, 0.1) is 0 Å². The van der Waals surface area contributed by atoms with Crippen LogP contribution in [-0.4, -0.2) is 36.3 Å². The third-order valence-corrected chi connectivity index (χ3v) is 2.83. The van der Waals surface area contributed by atoms with E-state index in [0.717, 1.165) is 17.8 Å². The van der Waals surface area contributed by atoms with Gasteiger partial charge in [-0.15, -0.1) is 0 Å². The molecule has 0 aliphatic heterocycles. The van der Waals surface area contributed by atoms with Crippen molar-refractivity contribution in [2.75, 3.05) is 17.2 Å². The topological polar surface area (TPSA) is 96.3 Å². The van der Waals surface area contributed by atoms with Crippen LogP contribution in [0.5, 0.6) is 0 Å². The van der Waals surface area contributed by atoms with Crippen LogP contribution in [0.3, 0.4) is 0 Å². The minimum atomic E-state index is 0.565. The molecule has 0 unspecified atom stereocenters. The molecule has 8 nitrogen and oxygen atoms in total. The monoisotopic (exact) mass is 272 g/mol. The van der Waals surface area contributed by atoms with Crippen molar-refractivity contribution in [3.8, 4) is 0 Å². The SMILES string of the molecule is CCNc1nc(NCc2ccn(C)n2)c2[nH]cnc2n1. The summed E-state index contributed by atoms with van der Waals surface area (Å²) in [6.45, 7) is 3.35. The first-order chi connectivity index (χ1) is 9.76. The van der Waals surface area contributed by atoms with E-state index in [2.05, 4.69) is 35.7 Å². The Labute approximate surface area is 115 Å². The van der Waals surface area contributed by atoms with Gasteiger partial charge in [0.1, 0.15) is 5.52 Å². The van der Waals surface area contributed by atoms with Gasteiger partial charge in [0.05, 0.1) is 18.6 Å². The summed E-state index contributed by atoms with van der Waals surface area (Å²) in [5.41, 5.74) is 2.38. The van der Waals surface area contributed by atoms with E-state index in [-0.39, 0.29) is 0 Å². The lowest BCUT2D eigenvalue weighted by Crippen LogP contribution is -2.08. The summed E-state index contributed by atoms with van der Waals surface area (Å²) in [6.07, 6.45) is 3.52. The van der Waals surface area contributed by atoms with E-state index >= 15 is 0 Å². The van der Waals surface area contributed by atoms with Crippen molar-refractivity contribution in [3.05, 3.63) is 24.3 Å². The van der Waals surface area contributed by atoms with Crippen molar-refractivity contribution in [2.45, 2.75) is 13.5 Å². The summed E-state index contributed by atoms with van der Waals surface area (Å²) in [5, 5.41) is 10.7. The molecule has 0 saturated heterocycles. The highest BCUT2D eigenvalue weighted by Gasteiger charge is 2.09. The highest BCUT2D eigenvalue weighted by molar-refractivity contribution is 5.83. The summed E-state index contributed by atoms with van der Waals surface area (Å²) < 4.78 is 1.77. The minimum absolute atomic E-state index is 0.565. The largest absolute Gasteiger partial charge is 0.362 e. The van der Waals surface area contributed by atoms with Gasteiger partial charge in [0.25, 0.3) is 0 Å². The van der Waals surface area contributed by atoms with Gasteiger partial charge in [0.2, 0.25) is 5.95 Å². The Hall–Kier alpha value is -2.64. The summed E-state index contributed by atoms with van der Waals surface area (Å²) in [7, 11) is 1.89. The van der Waals surface area contributed by atoms with Crippen LogP contribution in [-0.2, 0) is 13.6 Å². The summed E-state index contributed by atoms with van der Waals surface area (Å²) >= 11 is 0. The molecule has 0 fully saturated rings. The van der Waals surface area contributed by atoms with Crippen LogP contribution < -0.4 is 10.6 Å². The fourth-order valence-corrected chi connectivity index (χ4v) is 1.93. The van der Waals surface area contributed by atoms with Gasteiger partial charge in [-0.25, -0.2) is 4.98 Å². The van der Waals surface area contributed by atoms with Crippen LogP contribution in [0.15, 0.2) is 18.6 Å². The van der Waals surface area contributed by atoms with Crippen LogP contribution >= 0.6 is 0 Å². The Balaban J connectivity index is 1.87. The van der Waals surface area contributed by atoms with Gasteiger partial charge >= 0.3 is 0 Å². The molecule has 0 saturated carbocycles. The zero-order valence-corrected chi connectivity index (χ0v) is 11.4. The Morgan fingerprint density at radius 1 is 1.30 bits per heavy atom. The van der Waals surface area contributed by atoms with Crippen molar-refractivity contribution in [2.24, 2.45) is 7.05 Å². The first-order valence-corrected chi connectivity index (χ1v) is 6.43. The van der Waals surface area contributed by atoms with Crippen molar-refractivity contribution >= 4 is 22.9 Å². The Morgan fingerprint density at radius 2 is 2.20 bits per heavy atom. The minimum Gasteiger partial charge on any atom is -0.362 e. The molecule has 3 aromatic heterocycles. The standard InChI is InChI=1S/C12H16N8/c1-3-13-12-17-10(9-11(18-12)16-7-15-9)14-6-8-4-5-20(2)19-8/h4-5,7H,3,6H2,1-2H3,(H3,13,14,15,16,17,18). The maximum atomic E-state index is 4.45. The predicted octanol–water partition coefficient (Wildman–Crippen LogP) is 1.13. The number of H-pyrrole nitrogens is 1. The number of hydrogen-bond donors (Lipinski definition) is 3. The summed E-state index contributed by atoms with van der Waals surface area (Å²) in [6, 6.07) is 1.96. The highest BCUT2D eigenvalue weighted by atomic mass is 15.3. The first-order valence-electron chi connectivity index (χ1n) is 6.43. The lowest BCUT2D eigenvalue weighted by molar-refractivity contribution is 0.747. The number of nitrogens with zero attached hydrogens (tertiary/aromatic N) is 5. The molecule has 0 aromatic carbocycles. The van der Waals surface area contributed by atoms with Crippen molar-refractivity contribution in [1.82, 2.24) is 29.7 Å². The molecule has 0 aliphatic carbocycles. The second-order valence-electron chi connectivity index (χ2n) is 4.36. The van der Waals surface area contributed by atoms with Crippen molar-refractivity contribution < 1.29 is 0 Å². The van der Waals surface area contributed by atoms with E-state index in [1.807, 2.05) is 26.2 Å². The van der Waals surface area contributed by atoms with Crippen molar-refractivity contribution in [1.29, 1.82) is 0 Å². The summed E-state index contributed by atoms with van der Waals surface area (Å²) in [5.74, 6) is 1.28. The molecule has 0 bridgehead atoms. The number of imidazole rings is 1. The quantitative estimate of drug-likeness (QED) is 0.644. The van der Waals surface area contributed by atoms with Crippen LogP contribution in [0.2, 0.25) is 0 Å². The second-order valence-corrected chi connectivity index (χ2v) is 4.36. The smallest absolute Gasteiger partial charge is 0.226 e. The average molecular weight is 272 g/mol. The number of anilines is 2. The second kappa shape index (κ2) is 5.16. The van der Waals surface area contributed by atoms with E-state index in [0.29, 0.717) is 24.0 Å². The van der Waals surface area contributed by atoms with E-state index in [1.54, 1.807) is 11.0 Å². The molecular formula is C12H16N8. The Bertz CT molecular complexity index is 713. The Morgan fingerprint density at radius 3 is 2.95 bits per heavy atom. The van der Waals surface area contributed by atoms with E-state index in [9.17, 15) is 0 Å². The highest BCUT2D eigenvalue weighted by Crippen LogP contribution is 2.19. The lowest BCUT2D eigenvalue weighted by atomic mass is 10.4. The number of aromatic amines is 1. The molecular weight excluding hydrogens is 256 g/mol. The molecule has 3 aromatic rings. The normalized spacial score (nSPS) is 10.9. The third-order valence-electron chi connectivity index (χ3n) is 2.83. The molecule has 0 spiro atoms. The molecule has 3 N–H and O–H groups in total. The van der Waals surface area contributed by atoms with E-state index < -0.39 is 0 Å². The molecule has 0 amide bonds. The van der Waals surface area contributed by atoms with Gasteiger partial charge in [0, 0.05) is 19.8 Å². The third kappa shape index (κ3) is 2.40. The first kappa shape index (κ1) is 12.4. The molecule has 0 atom stereocenters. The van der Waals surface area contributed by atoms with Gasteiger partial charge in [0.15, 0.2) is 11.5 Å². The van der Waals surface area contributed by atoms with Crippen molar-refractivity contribution in [3.63, 3.8) is 0 Å². The number of aromatic nitrogens is 6. The van der Waals surface area contributed by atoms with Crippen LogP contribution in [0.4, 0.5) is 11.8 Å². The number of rotatable bonds is 5.